The van der Waals surface area contributed by atoms with E-state index in [0.29, 0.717) is 16.0 Å². The summed E-state index contributed by atoms with van der Waals surface area (Å²) in [5, 5.41) is 25.8. The van der Waals surface area contributed by atoms with Crippen molar-refractivity contribution in [2.45, 2.75) is 52.0 Å². The summed E-state index contributed by atoms with van der Waals surface area (Å²) < 4.78 is 16.1. The zero-order valence-electron chi connectivity index (χ0n) is 24.3. The fourth-order valence-corrected chi connectivity index (χ4v) is 5.75. The minimum Gasteiger partial charge on any atom is -0.456 e. The number of carbonyl (C=O) groups excluding carboxylic acids is 4. The molecule has 2 atom stereocenters. The van der Waals surface area contributed by atoms with Gasteiger partial charge in [-0.25, -0.2) is 9.59 Å². The van der Waals surface area contributed by atoms with Gasteiger partial charge < -0.3 is 24.4 Å². The van der Waals surface area contributed by atoms with Crippen LogP contribution in [0.25, 0.3) is 0 Å². The molecule has 1 fully saturated rings. The van der Waals surface area contributed by atoms with E-state index in [1.807, 2.05) is 0 Å². The fraction of sp³-hybridized carbons (Fsp3) is 0.310. The molecule has 15 nitrogen and oxygen atoms in total. The van der Waals surface area contributed by atoms with Crippen LogP contribution in [0.1, 0.15) is 38.3 Å². The van der Waals surface area contributed by atoms with Gasteiger partial charge in [0.1, 0.15) is 24.5 Å². The van der Waals surface area contributed by atoms with Gasteiger partial charge in [-0.05, 0) is 54.6 Å². The zero-order valence-corrected chi connectivity index (χ0v) is 25.1. The quantitative estimate of drug-likeness (QED) is 0.148. The van der Waals surface area contributed by atoms with Crippen molar-refractivity contribution in [3.8, 4) is 0 Å². The zero-order chi connectivity index (χ0) is 32.9. The van der Waals surface area contributed by atoms with Crippen LogP contribution in [-0.4, -0.2) is 50.3 Å². The van der Waals surface area contributed by atoms with Gasteiger partial charge in [0, 0.05) is 48.7 Å². The number of hydrogen-bond donors (Lipinski definition) is 1. The standard InChI is InChI=1S/C29H28N4O11S/c1-17(34)30-12-13-45-23-14-22-24(29(2,3)44-28(37)43-16-19-6-10-21(11-7-19)33(40)41)26(35)31(22)25(23)27(36)42-15-18-4-8-20(9-5-18)32(38)39/h4-13,22,24H,14-16H2,1-3H3,(H,30,34)/b13-12-/t22-,24+/m1/s1. The first-order valence-corrected chi connectivity index (χ1v) is 14.3. The highest BCUT2D eigenvalue weighted by atomic mass is 32.2. The van der Waals surface area contributed by atoms with Crippen LogP contribution in [0, 0.1) is 26.1 Å². The van der Waals surface area contributed by atoms with Gasteiger partial charge in [0.05, 0.1) is 21.8 Å². The molecule has 0 aliphatic carbocycles. The third-order valence-electron chi connectivity index (χ3n) is 6.99. The lowest BCUT2D eigenvalue weighted by atomic mass is 9.76. The Morgan fingerprint density at radius 3 is 2.02 bits per heavy atom. The van der Waals surface area contributed by atoms with Crippen LogP contribution in [0.15, 0.2) is 70.7 Å². The Hall–Kier alpha value is -5.25. The molecule has 236 valence electrons. The van der Waals surface area contributed by atoms with Crippen LogP contribution in [0.2, 0.25) is 0 Å². The van der Waals surface area contributed by atoms with Gasteiger partial charge >= 0.3 is 12.1 Å². The maximum Gasteiger partial charge on any atom is 0.509 e. The Labute approximate surface area is 260 Å². The number of nitrogens with zero attached hydrogens (tertiary/aromatic N) is 3. The summed E-state index contributed by atoms with van der Waals surface area (Å²) in [6, 6.07) is 10.4. The molecule has 0 radical (unpaired) electrons. The number of non-ortho nitro benzene ring substituents is 2. The number of β-lactam (4-membered cyclic amide) rings is 1. The largest absolute Gasteiger partial charge is 0.509 e. The van der Waals surface area contributed by atoms with Crippen LogP contribution in [0.4, 0.5) is 16.2 Å². The highest BCUT2D eigenvalue weighted by Gasteiger charge is 2.61. The molecule has 2 aliphatic heterocycles. The normalized spacial score (nSPS) is 17.4. The van der Waals surface area contributed by atoms with E-state index in [1.165, 1.54) is 66.6 Å². The van der Waals surface area contributed by atoms with E-state index in [9.17, 15) is 39.4 Å². The minimum absolute atomic E-state index is 0.0113. The predicted molar refractivity (Wildman–Crippen MR) is 158 cm³/mol. The maximum absolute atomic E-state index is 13.4. The number of ether oxygens (including phenoxy) is 3. The third-order valence-corrected chi connectivity index (χ3v) is 7.91. The Morgan fingerprint density at radius 1 is 0.978 bits per heavy atom. The first-order chi connectivity index (χ1) is 21.3. The number of nitro benzene ring substituents is 2. The molecule has 1 saturated heterocycles. The molecule has 2 heterocycles. The number of carbonyl (C=O) groups is 4. The van der Waals surface area contributed by atoms with Gasteiger partial charge in [0.2, 0.25) is 11.8 Å². The van der Waals surface area contributed by atoms with Crippen molar-refractivity contribution >= 4 is 47.1 Å². The molecule has 4 rings (SSSR count). The smallest absolute Gasteiger partial charge is 0.456 e. The van der Waals surface area contributed by atoms with E-state index in [1.54, 1.807) is 19.3 Å². The lowest BCUT2D eigenvalue weighted by Crippen LogP contribution is -2.66. The molecule has 1 N–H and O–H groups in total. The van der Waals surface area contributed by atoms with Gasteiger partial charge in [-0.15, -0.1) is 0 Å². The number of amides is 2. The van der Waals surface area contributed by atoms with E-state index in [2.05, 4.69) is 5.32 Å². The van der Waals surface area contributed by atoms with Crippen LogP contribution in [-0.2, 0) is 41.8 Å². The number of hydrogen-bond acceptors (Lipinski definition) is 12. The molecule has 0 saturated carbocycles. The van der Waals surface area contributed by atoms with Crippen molar-refractivity contribution in [3.05, 3.63) is 102 Å². The Bertz CT molecular complexity index is 1590. The highest BCUT2D eigenvalue weighted by molar-refractivity contribution is 8.05. The van der Waals surface area contributed by atoms with Crippen molar-refractivity contribution < 1.29 is 43.2 Å². The van der Waals surface area contributed by atoms with Gasteiger partial charge in [0.15, 0.2) is 0 Å². The number of nitrogens with one attached hydrogen (secondary N) is 1. The molecule has 0 aromatic heterocycles. The molecule has 2 aliphatic rings. The molecular formula is C29H28N4O11S. The Balaban J connectivity index is 1.43. The summed E-state index contributed by atoms with van der Waals surface area (Å²) in [6.45, 7) is 4.02. The Morgan fingerprint density at radius 2 is 1.51 bits per heavy atom. The van der Waals surface area contributed by atoms with Gasteiger partial charge in [-0.3, -0.25) is 29.8 Å². The monoisotopic (exact) mass is 640 g/mol. The molecule has 2 aromatic rings. The average Bonchev–Trinajstić information content (AvgIpc) is 3.30. The number of nitro groups is 2. The first-order valence-electron chi connectivity index (χ1n) is 13.4. The van der Waals surface area contributed by atoms with E-state index < -0.39 is 45.4 Å². The SMILES string of the molecule is CC(=O)N/C=C\SC1=C(C(=O)OCc2ccc([N+](=O)[O-])cc2)N2C(=O)[C@@H](C(C)(C)OC(=O)OCc3ccc([N+](=O)[O-])cc3)[C@H]2C1. The summed E-state index contributed by atoms with van der Waals surface area (Å²) in [7, 11) is 0. The molecule has 45 heavy (non-hydrogen) atoms. The number of benzene rings is 2. The fourth-order valence-electron chi connectivity index (χ4n) is 4.89. The average molecular weight is 641 g/mol. The van der Waals surface area contributed by atoms with Crippen LogP contribution in [0.5, 0.6) is 0 Å². The molecule has 0 unspecified atom stereocenters. The van der Waals surface area contributed by atoms with Crippen LogP contribution >= 0.6 is 11.8 Å². The number of fused-ring (bicyclic) bond motifs is 1. The topological polar surface area (TPSA) is 198 Å². The molecule has 0 bridgehead atoms. The second kappa shape index (κ2) is 13.6. The minimum atomic E-state index is -1.34. The number of esters is 1. The van der Waals surface area contributed by atoms with Crippen molar-refractivity contribution in [2.24, 2.45) is 5.92 Å². The molecular weight excluding hydrogens is 612 g/mol. The predicted octanol–water partition coefficient (Wildman–Crippen LogP) is 4.46. The van der Waals surface area contributed by atoms with E-state index >= 15 is 0 Å². The lowest BCUT2D eigenvalue weighted by Gasteiger charge is -2.49. The van der Waals surface area contributed by atoms with Crippen LogP contribution in [0.3, 0.4) is 0 Å². The number of thioether (sulfide) groups is 1. The summed E-state index contributed by atoms with van der Waals surface area (Å²) in [4.78, 5) is 72.9. The second-order valence-corrected chi connectivity index (χ2v) is 11.5. The Kier molecular flexibility index (Phi) is 9.86. The molecule has 2 amide bonds. The van der Waals surface area contributed by atoms with Crippen molar-refractivity contribution in [3.63, 3.8) is 0 Å². The van der Waals surface area contributed by atoms with Crippen molar-refractivity contribution in [2.75, 3.05) is 0 Å². The molecule has 0 spiro atoms. The lowest BCUT2D eigenvalue weighted by molar-refractivity contribution is -0.385. The van der Waals surface area contributed by atoms with Gasteiger partial charge in [-0.2, -0.15) is 0 Å². The van der Waals surface area contributed by atoms with Crippen molar-refractivity contribution in [1.29, 1.82) is 0 Å². The maximum atomic E-state index is 13.4. The number of rotatable bonds is 12. The second-order valence-electron chi connectivity index (χ2n) is 10.5. The first kappa shape index (κ1) is 32.7. The van der Waals surface area contributed by atoms with E-state index in [-0.39, 0.29) is 42.6 Å². The third kappa shape index (κ3) is 7.64. The highest BCUT2D eigenvalue weighted by Crippen LogP contribution is 2.50. The van der Waals surface area contributed by atoms with E-state index in [0.717, 1.165) is 11.8 Å². The van der Waals surface area contributed by atoms with Gasteiger partial charge in [0.25, 0.3) is 11.4 Å². The van der Waals surface area contributed by atoms with Gasteiger partial charge in [-0.1, -0.05) is 11.8 Å². The van der Waals surface area contributed by atoms with Crippen molar-refractivity contribution in [1.82, 2.24) is 10.2 Å². The molecule has 2 aromatic carbocycles. The molecule has 16 heteroatoms. The summed E-state index contributed by atoms with van der Waals surface area (Å²) >= 11 is 1.11. The van der Waals surface area contributed by atoms with E-state index in [4.69, 9.17) is 14.2 Å². The summed E-state index contributed by atoms with van der Waals surface area (Å²) in [5.41, 5.74) is -0.570. The van der Waals surface area contributed by atoms with Crippen LogP contribution < -0.4 is 5.32 Å². The summed E-state index contributed by atoms with van der Waals surface area (Å²) in [6.07, 6.45) is 0.576. The summed E-state index contributed by atoms with van der Waals surface area (Å²) in [5.74, 6) is -2.40.